The summed E-state index contributed by atoms with van der Waals surface area (Å²) in [6.45, 7) is 16.7. The summed E-state index contributed by atoms with van der Waals surface area (Å²) in [5.74, 6) is 2.71. The zero-order valence-corrected chi connectivity index (χ0v) is 22.1. The fourth-order valence-corrected chi connectivity index (χ4v) is 9.56. The molecule has 0 saturated heterocycles. The lowest BCUT2D eigenvalue weighted by atomic mass is 9.43. The van der Waals surface area contributed by atoms with E-state index in [0.29, 0.717) is 17.8 Å². The van der Waals surface area contributed by atoms with E-state index >= 15 is 0 Å². The Hall–Kier alpha value is -0.810. The largest absolute Gasteiger partial charge is 0.393 e. The molecule has 2 saturated carbocycles. The Labute approximate surface area is 198 Å². The van der Waals surface area contributed by atoms with Crippen molar-refractivity contribution in [2.45, 2.75) is 125 Å². The van der Waals surface area contributed by atoms with Crippen LogP contribution in [-0.2, 0) is 0 Å². The zero-order valence-electron chi connectivity index (χ0n) is 22.1. The van der Waals surface area contributed by atoms with Gasteiger partial charge in [0.2, 0.25) is 0 Å². The average Bonchev–Trinajstić information content (AvgIpc) is 3.04. The molecule has 0 heterocycles. The molecule has 2 fully saturated rings. The molecule has 32 heavy (non-hydrogen) atoms. The highest BCUT2D eigenvalue weighted by Crippen LogP contribution is 2.72. The second-order valence-corrected chi connectivity index (χ2v) is 13.7. The molecule has 0 aromatic heterocycles. The molecule has 0 bridgehead atoms. The van der Waals surface area contributed by atoms with Crippen molar-refractivity contribution >= 4 is 0 Å². The number of hydrogen-bond donors (Lipinski definition) is 1. The monoisotopic (exact) mass is 439 g/mol. The summed E-state index contributed by atoms with van der Waals surface area (Å²) in [5.41, 5.74) is 3.24. The summed E-state index contributed by atoms with van der Waals surface area (Å²) >= 11 is 0. The van der Waals surface area contributed by atoms with Crippen LogP contribution in [0.5, 0.6) is 0 Å². The maximum Gasteiger partial charge on any atom is 0.0841 e. The van der Waals surface area contributed by atoms with E-state index in [2.05, 4.69) is 54.5 Å². The first kappa shape index (κ1) is 24.3. The van der Waals surface area contributed by atoms with E-state index in [-0.39, 0.29) is 27.8 Å². The first-order valence-electron chi connectivity index (χ1n) is 13.8. The first-order chi connectivity index (χ1) is 14.9. The van der Waals surface area contributed by atoms with Crippen LogP contribution < -0.4 is 0 Å². The lowest BCUT2D eigenvalue weighted by Gasteiger charge is -2.61. The predicted molar refractivity (Wildman–Crippen MR) is 133 cm³/mol. The van der Waals surface area contributed by atoms with Crippen LogP contribution in [0, 0.1) is 56.7 Å². The van der Waals surface area contributed by atoms with E-state index in [1.807, 2.05) is 0 Å². The molecule has 2 nitrogen and oxygen atoms in total. The molecular weight excluding hydrogens is 390 g/mol. The van der Waals surface area contributed by atoms with Crippen molar-refractivity contribution in [3.8, 4) is 6.07 Å². The second-order valence-electron chi connectivity index (χ2n) is 13.7. The molecule has 1 N–H and O–H groups in total. The maximum atomic E-state index is 10.8. The van der Waals surface area contributed by atoms with Gasteiger partial charge >= 0.3 is 0 Å². The summed E-state index contributed by atoms with van der Waals surface area (Å²) < 4.78 is 0. The predicted octanol–water partition coefficient (Wildman–Crippen LogP) is 8.06. The lowest BCUT2D eigenvalue weighted by molar-refractivity contribution is -0.0948. The van der Waals surface area contributed by atoms with E-state index < -0.39 is 0 Å². The molecule has 4 rings (SSSR count). The molecule has 180 valence electrons. The number of aliphatic hydroxyl groups excluding tert-OH is 1. The van der Waals surface area contributed by atoms with Gasteiger partial charge in [0, 0.05) is 0 Å². The van der Waals surface area contributed by atoms with Gasteiger partial charge in [0.25, 0.3) is 0 Å². The topological polar surface area (TPSA) is 44.0 Å². The minimum atomic E-state index is -0.244. The Morgan fingerprint density at radius 3 is 2.31 bits per heavy atom. The van der Waals surface area contributed by atoms with Crippen molar-refractivity contribution in [2.24, 2.45) is 45.3 Å². The van der Waals surface area contributed by atoms with Crippen molar-refractivity contribution in [3.63, 3.8) is 0 Å². The van der Waals surface area contributed by atoms with E-state index in [0.717, 1.165) is 38.0 Å². The average molecular weight is 440 g/mol. The Balaban J connectivity index is 1.68. The number of fused-ring (bicyclic) bond motifs is 4. The standard InChI is InChI=1S/C30H49NO/c1-20(2)9-8-10-21(3)22-14-18-30(19-31)24-11-12-25-27(4,5)26(32)15-16-28(25,6)23(24)13-17-29(22,30)7/h20-22,25-26,32H,8-18H2,1-7H3/t21-,22-,25+,26+,28-,29-,30-/m1/s1. The molecule has 0 aliphatic heterocycles. The van der Waals surface area contributed by atoms with Gasteiger partial charge in [-0.2, -0.15) is 5.26 Å². The first-order valence-corrected chi connectivity index (χ1v) is 13.8. The van der Waals surface area contributed by atoms with Crippen LogP contribution in [0.3, 0.4) is 0 Å². The van der Waals surface area contributed by atoms with E-state index in [9.17, 15) is 10.4 Å². The van der Waals surface area contributed by atoms with Crippen LogP contribution in [0.2, 0.25) is 0 Å². The quantitative estimate of drug-likeness (QED) is 0.440. The molecule has 2 heteroatoms. The van der Waals surface area contributed by atoms with Gasteiger partial charge in [0.05, 0.1) is 17.6 Å². The molecule has 0 unspecified atom stereocenters. The Bertz CT molecular complexity index is 802. The molecule has 0 radical (unpaired) electrons. The fraction of sp³-hybridized carbons (Fsp3) is 0.900. The second kappa shape index (κ2) is 8.15. The Morgan fingerprint density at radius 2 is 1.66 bits per heavy atom. The van der Waals surface area contributed by atoms with Crippen LogP contribution in [0.25, 0.3) is 0 Å². The molecule has 0 aromatic rings. The number of rotatable bonds is 5. The third kappa shape index (κ3) is 3.27. The summed E-state index contributed by atoms with van der Waals surface area (Å²) in [6.07, 6.45) is 12.7. The minimum absolute atomic E-state index is 0.0325. The maximum absolute atomic E-state index is 10.8. The number of allylic oxidation sites excluding steroid dienone is 2. The van der Waals surface area contributed by atoms with E-state index in [1.54, 1.807) is 11.1 Å². The van der Waals surface area contributed by atoms with E-state index in [4.69, 9.17) is 0 Å². The van der Waals surface area contributed by atoms with Crippen LogP contribution >= 0.6 is 0 Å². The molecule has 4 aliphatic carbocycles. The Kier molecular flexibility index (Phi) is 6.19. The third-order valence-electron chi connectivity index (χ3n) is 11.6. The highest BCUT2D eigenvalue weighted by atomic mass is 16.3. The van der Waals surface area contributed by atoms with Crippen molar-refractivity contribution < 1.29 is 5.11 Å². The van der Waals surface area contributed by atoms with Crippen molar-refractivity contribution in [2.75, 3.05) is 0 Å². The van der Waals surface area contributed by atoms with E-state index in [1.165, 1.54) is 38.5 Å². The number of nitrogens with zero attached hydrogens (tertiary/aromatic N) is 1. The van der Waals surface area contributed by atoms with Gasteiger partial charge < -0.3 is 5.11 Å². The van der Waals surface area contributed by atoms with Crippen LogP contribution in [0.4, 0.5) is 0 Å². The third-order valence-corrected chi connectivity index (χ3v) is 11.6. The smallest absolute Gasteiger partial charge is 0.0841 e. The lowest BCUT2D eigenvalue weighted by Crippen LogP contribution is -2.55. The van der Waals surface area contributed by atoms with Gasteiger partial charge in [-0.25, -0.2) is 0 Å². The number of aliphatic hydroxyl groups is 1. The zero-order chi connectivity index (χ0) is 23.5. The summed E-state index contributed by atoms with van der Waals surface area (Å²) in [5, 5.41) is 21.6. The molecule has 0 spiro atoms. The normalized spacial score (nSPS) is 43.9. The summed E-state index contributed by atoms with van der Waals surface area (Å²) in [7, 11) is 0. The molecular formula is C30H49NO. The molecule has 7 atom stereocenters. The van der Waals surface area contributed by atoms with Crippen LogP contribution in [-0.4, -0.2) is 11.2 Å². The van der Waals surface area contributed by atoms with Crippen molar-refractivity contribution in [3.05, 3.63) is 11.1 Å². The summed E-state index contributed by atoms with van der Waals surface area (Å²) in [6, 6.07) is 3.01. The number of nitriles is 1. The molecule has 0 aromatic carbocycles. The molecule has 4 aliphatic rings. The van der Waals surface area contributed by atoms with Gasteiger partial charge in [0.15, 0.2) is 0 Å². The number of hydrogen-bond acceptors (Lipinski definition) is 2. The van der Waals surface area contributed by atoms with Crippen LogP contribution in [0.1, 0.15) is 119 Å². The minimum Gasteiger partial charge on any atom is -0.393 e. The van der Waals surface area contributed by atoms with Gasteiger partial charge in [-0.05, 0) is 96.9 Å². The van der Waals surface area contributed by atoms with Crippen LogP contribution in [0.15, 0.2) is 11.1 Å². The van der Waals surface area contributed by atoms with Crippen molar-refractivity contribution in [1.82, 2.24) is 0 Å². The fourth-order valence-electron chi connectivity index (χ4n) is 9.56. The highest BCUT2D eigenvalue weighted by molar-refractivity contribution is 5.43. The Morgan fingerprint density at radius 1 is 0.938 bits per heavy atom. The highest BCUT2D eigenvalue weighted by Gasteiger charge is 2.65. The summed E-state index contributed by atoms with van der Waals surface area (Å²) in [4.78, 5) is 0. The van der Waals surface area contributed by atoms with Gasteiger partial charge in [0.1, 0.15) is 0 Å². The van der Waals surface area contributed by atoms with Gasteiger partial charge in [-0.15, -0.1) is 0 Å². The SMILES string of the molecule is CC(C)CCC[C@@H](C)[C@H]1CC[C@@]2(C#N)C3=C(CC[C@]12C)[C@@]1(C)CC[C@H](O)C(C)(C)[C@@H]1CC3. The van der Waals surface area contributed by atoms with Gasteiger partial charge in [-0.3, -0.25) is 0 Å². The van der Waals surface area contributed by atoms with Gasteiger partial charge in [-0.1, -0.05) is 73.3 Å². The molecule has 0 amide bonds. The van der Waals surface area contributed by atoms with Crippen molar-refractivity contribution in [1.29, 1.82) is 5.26 Å².